The molecule has 0 fully saturated rings. The molecule has 3 heteroatoms. The quantitative estimate of drug-likeness (QED) is 0.582. The highest BCUT2D eigenvalue weighted by Crippen LogP contribution is 2.19. The molecule has 3 nitrogen and oxygen atoms in total. The number of unbranched alkanes of at least 4 members (excludes halogenated alkanes) is 1. The van der Waals surface area contributed by atoms with E-state index < -0.39 is 0 Å². The van der Waals surface area contributed by atoms with Gasteiger partial charge in [0.15, 0.2) is 0 Å². The van der Waals surface area contributed by atoms with Gasteiger partial charge >= 0.3 is 0 Å². The summed E-state index contributed by atoms with van der Waals surface area (Å²) in [6.45, 7) is 5.38. The Bertz CT molecular complexity index is 391. The van der Waals surface area contributed by atoms with Crippen molar-refractivity contribution in [2.45, 2.75) is 33.1 Å². The zero-order valence-electron chi connectivity index (χ0n) is 10.7. The smallest absolute Gasteiger partial charge is 0.0992 e. The molecule has 0 atom stereocenters. The van der Waals surface area contributed by atoms with Crippen molar-refractivity contribution in [2.75, 3.05) is 17.6 Å². The Labute approximate surface area is 104 Å². The summed E-state index contributed by atoms with van der Waals surface area (Å²) in [5.41, 5.74) is 8.05. The molecular weight excluding hydrogens is 210 g/mol. The Hall–Kier alpha value is -1.69. The van der Waals surface area contributed by atoms with Crippen LogP contribution in [0.4, 0.5) is 11.4 Å². The summed E-state index contributed by atoms with van der Waals surface area (Å²) in [6, 6.07) is 7.43. The summed E-state index contributed by atoms with van der Waals surface area (Å²) in [7, 11) is 0. The van der Waals surface area contributed by atoms with E-state index in [-0.39, 0.29) is 0 Å². The van der Waals surface area contributed by atoms with Crippen molar-refractivity contribution < 1.29 is 0 Å². The van der Waals surface area contributed by atoms with Crippen LogP contribution in [0.15, 0.2) is 18.2 Å². The third-order valence-electron chi connectivity index (χ3n) is 2.71. The normalized spacial score (nSPS) is 10.2. The SMILES string of the molecule is CC(C)CCCCNc1cc(C#N)ccc1N. The molecule has 0 aliphatic rings. The molecule has 1 aromatic rings. The van der Waals surface area contributed by atoms with Crippen LogP contribution in [0.1, 0.15) is 38.7 Å². The number of benzene rings is 1. The summed E-state index contributed by atoms with van der Waals surface area (Å²) in [4.78, 5) is 0. The molecule has 1 aromatic carbocycles. The lowest BCUT2D eigenvalue weighted by Gasteiger charge is -2.10. The molecule has 0 heterocycles. The Morgan fingerprint density at radius 2 is 2.12 bits per heavy atom. The molecular formula is C14H21N3. The molecule has 0 aliphatic carbocycles. The van der Waals surface area contributed by atoms with Gasteiger partial charge in [0.1, 0.15) is 0 Å². The average Bonchev–Trinajstić information content (AvgIpc) is 2.30. The van der Waals surface area contributed by atoms with Crippen molar-refractivity contribution in [3.05, 3.63) is 23.8 Å². The highest BCUT2D eigenvalue weighted by atomic mass is 14.9. The molecule has 0 saturated heterocycles. The van der Waals surface area contributed by atoms with Gasteiger partial charge in [-0.15, -0.1) is 0 Å². The van der Waals surface area contributed by atoms with Gasteiger partial charge in [-0.3, -0.25) is 0 Å². The van der Waals surface area contributed by atoms with Gasteiger partial charge in [0.25, 0.3) is 0 Å². The third-order valence-corrected chi connectivity index (χ3v) is 2.71. The van der Waals surface area contributed by atoms with Gasteiger partial charge < -0.3 is 11.1 Å². The number of hydrogen-bond acceptors (Lipinski definition) is 3. The summed E-state index contributed by atoms with van der Waals surface area (Å²) < 4.78 is 0. The van der Waals surface area contributed by atoms with Gasteiger partial charge in [-0.05, 0) is 30.5 Å². The minimum absolute atomic E-state index is 0.642. The molecule has 0 aliphatic heterocycles. The zero-order chi connectivity index (χ0) is 12.7. The first-order valence-corrected chi connectivity index (χ1v) is 6.17. The van der Waals surface area contributed by atoms with Gasteiger partial charge in [0.2, 0.25) is 0 Å². The van der Waals surface area contributed by atoms with E-state index in [4.69, 9.17) is 11.0 Å². The number of nitrogens with two attached hydrogens (primary N) is 1. The molecule has 0 saturated carbocycles. The largest absolute Gasteiger partial charge is 0.397 e. The maximum Gasteiger partial charge on any atom is 0.0992 e. The fourth-order valence-corrected chi connectivity index (χ4v) is 1.68. The summed E-state index contributed by atoms with van der Waals surface area (Å²) in [6.07, 6.45) is 3.62. The standard InChI is InChI=1S/C14H21N3/c1-11(2)5-3-4-8-17-14-9-12(10-15)6-7-13(14)16/h6-7,9,11,17H,3-5,8,16H2,1-2H3. The van der Waals surface area contributed by atoms with Crippen molar-refractivity contribution in [1.29, 1.82) is 5.26 Å². The van der Waals surface area contributed by atoms with Gasteiger partial charge in [-0.25, -0.2) is 0 Å². The van der Waals surface area contributed by atoms with E-state index in [1.165, 1.54) is 12.8 Å². The zero-order valence-corrected chi connectivity index (χ0v) is 10.7. The minimum Gasteiger partial charge on any atom is -0.397 e. The molecule has 0 spiro atoms. The molecule has 0 amide bonds. The molecule has 3 N–H and O–H groups in total. The Morgan fingerprint density at radius 1 is 1.35 bits per heavy atom. The molecule has 0 bridgehead atoms. The van der Waals surface area contributed by atoms with Crippen molar-refractivity contribution in [3.63, 3.8) is 0 Å². The van der Waals surface area contributed by atoms with E-state index in [0.29, 0.717) is 11.3 Å². The molecule has 0 unspecified atom stereocenters. The predicted molar refractivity (Wildman–Crippen MR) is 72.7 cm³/mol. The number of nitrogen functional groups attached to an aromatic ring is 1. The van der Waals surface area contributed by atoms with Crippen LogP contribution < -0.4 is 11.1 Å². The average molecular weight is 231 g/mol. The number of nitriles is 1. The maximum atomic E-state index is 8.81. The molecule has 17 heavy (non-hydrogen) atoms. The second-order valence-corrected chi connectivity index (χ2v) is 4.73. The van der Waals surface area contributed by atoms with Gasteiger partial charge in [-0.2, -0.15) is 5.26 Å². The molecule has 92 valence electrons. The maximum absolute atomic E-state index is 8.81. The Kier molecular flexibility index (Phi) is 5.35. The summed E-state index contributed by atoms with van der Waals surface area (Å²) >= 11 is 0. The summed E-state index contributed by atoms with van der Waals surface area (Å²) in [5, 5.41) is 12.1. The second kappa shape index (κ2) is 6.80. The van der Waals surface area contributed by atoms with Crippen molar-refractivity contribution in [2.24, 2.45) is 5.92 Å². The fourth-order valence-electron chi connectivity index (χ4n) is 1.68. The van der Waals surface area contributed by atoms with Crippen LogP contribution in [0, 0.1) is 17.2 Å². The van der Waals surface area contributed by atoms with E-state index in [1.807, 2.05) is 0 Å². The van der Waals surface area contributed by atoms with Crippen molar-refractivity contribution >= 4 is 11.4 Å². The lowest BCUT2D eigenvalue weighted by atomic mass is 10.1. The number of anilines is 2. The summed E-state index contributed by atoms with van der Waals surface area (Å²) in [5.74, 6) is 0.766. The van der Waals surface area contributed by atoms with E-state index >= 15 is 0 Å². The van der Waals surface area contributed by atoms with Crippen LogP contribution in [-0.2, 0) is 0 Å². The first kappa shape index (κ1) is 13.4. The van der Waals surface area contributed by atoms with Crippen LogP contribution in [0.2, 0.25) is 0 Å². The van der Waals surface area contributed by atoms with E-state index in [2.05, 4.69) is 25.2 Å². The fraction of sp³-hybridized carbons (Fsp3) is 0.500. The van der Waals surface area contributed by atoms with Crippen LogP contribution in [0.25, 0.3) is 0 Å². The molecule has 0 aromatic heterocycles. The number of hydrogen-bond donors (Lipinski definition) is 2. The van der Waals surface area contributed by atoms with Crippen LogP contribution in [0.3, 0.4) is 0 Å². The monoisotopic (exact) mass is 231 g/mol. The number of nitrogens with zero attached hydrogens (tertiary/aromatic N) is 1. The lowest BCUT2D eigenvalue weighted by molar-refractivity contribution is 0.545. The topological polar surface area (TPSA) is 61.8 Å². The van der Waals surface area contributed by atoms with E-state index in [0.717, 1.165) is 24.6 Å². The lowest BCUT2D eigenvalue weighted by Crippen LogP contribution is -2.05. The van der Waals surface area contributed by atoms with Crippen molar-refractivity contribution in [3.8, 4) is 6.07 Å². The van der Waals surface area contributed by atoms with Crippen LogP contribution >= 0.6 is 0 Å². The Morgan fingerprint density at radius 3 is 2.76 bits per heavy atom. The third kappa shape index (κ3) is 4.78. The molecule has 1 rings (SSSR count). The van der Waals surface area contributed by atoms with Crippen molar-refractivity contribution in [1.82, 2.24) is 0 Å². The second-order valence-electron chi connectivity index (χ2n) is 4.73. The van der Waals surface area contributed by atoms with Gasteiger partial charge in [0, 0.05) is 6.54 Å². The van der Waals surface area contributed by atoms with Crippen LogP contribution in [-0.4, -0.2) is 6.54 Å². The van der Waals surface area contributed by atoms with E-state index in [1.54, 1.807) is 18.2 Å². The predicted octanol–water partition coefficient (Wildman–Crippen LogP) is 3.38. The number of nitrogens with one attached hydrogen (secondary N) is 1. The highest BCUT2D eigenvalue weighted by molar-refractivity contribution is 5.68. The highest BCUT2D eigenvalue weighted by Gasteiger charge is 2.00. The number of rotatable bonds is 6. The van der Waals surface area contributed by atoms with E-state index in [9.17, 15) is 0 Å². The Balaban J connectivity index is 2.39. The first-order chi connectivity index (χ1) is 8.13. The van der Waals surface area contributed by atoms with Gasteiger partial charge in [0.05, 0.1) is 23.0 Å². The first-order valence-electron chi connectivity index (χ1n) is 6.17. The van der Waals surface area contributed by atoms with Gasteiger partial charge in [-0.1, -0.05) is 26.7 Å². The van der Waals surface area contributed by atoms with Crippen LogP contribution in [0.5, 0.6) is 0 Å². The molecule has 0 radical (unpaired) electrons. The minimum atomic E-state index is 0.642.